The molecule has 0 radical (unpaired) electrons. The Bertz CT molecular complexity index is 591. The topological polar surface area (TPSA) is 46.3 Å². The van der Waals surface area contributed by atoms with Gasteiger partial charge in [0, 0.05) is 42.9 Å². The lowest BCUT2D eigenvalue weighted by Crippen LogP contribution is -2.39. The van der Waals surface area contributed by atoms with E-state index in [1.54, 1.807) is 17.6 Å². The molecule has 1 aliphatic rings. The van der Waals surface area contributed by atoms with Crippen LogP contribution in [-0.4, -0.2) is 28.9 Å². The van der Waals surface area contributed by atoms with Gasteiger partial charge in [-0.15, -0.1) is 11.3 Å². The average Bonchev–Trinajstić information content (AvgIpc) is 3.16. The van der Waals surface area contributed by atoms with Crippen molar-refractivity contribution in [2.24, 2.45) is 0 Å². The van der Waals surface area contributed by atoms with Crippen LogP contribution in [0.5, 0.6) is 0 Å². The first kappa shape index (κ1) is 14.3. The van der Waals surface area contributed by atoms with E-state index in [1.165, 1.54) is 5.01 Å². The van der Waals surface area contributed by atoms with E-state index in [9.17, 15) is 4.79 Å². The number of nitrogens with zero attached hydrogens (tertiary/aromatic N) is 2. The van der Waals surface area contributed by atoms with E-state index in [2.05, 4.69) is 10.4 Å². The van der Waals surface area contributed by atoms with Crippen molar-refractivity contribution in [1.29, 1.82) is 0 Å². The first-order valence-electron chi connectivity index (χ1n) is 7.44. The van der Waals surface area contributed by atoms with Crippen LogP contribution in [0, 0.1) is 6.92 Å². The van der Waals surface area contributed by atoms with E-state index >= 15 is 0 Å². The van der Waals surface area contributed by atoms with Crippen molar-refractivity contribution in [3.8, 4) is 0 Å². The summed E-state index contributed by atoms with van der Waals surface area (Å²) in [5.41, 5.74) is 1.08. The Morgan fingerprint density at radius 2 is 2.48 bits per heavy atom. The zero-order valence-electron chi connectivity index (χ0n) is 12.2. The first-order valence-corrected chi connectivity index (χ1v) is 8.32. The number of furan rings is 1. The molecule has 3 rings (SSSR count). The molecule has 0 aliphatic carbocycles. The number of amides is 1. The number of aromatic nitrogens is 1. The number of piperidine rings is 1. The summed E-state index contributed by atoms with van der Waals surface area (Å²) in [6.07, 6.45) is 5.06. The van der Waals surface area contributed by atoms with E-state index in [-0.39, 0.29) is 5.91 Å². The first-order chi connectivity index (χ1) is 10.2. The Kier molecular flexibility index (Phi) is 4.39. The number of carbonyl (C=O) groups excluding carboxylic acids is 1. The summed E-state index contributed by atoms with van der Waals surface area (Å²) in [5.74, 6) is 1.52. The molecular weight excluding hydrogens is 284 g/mol. The summed E-state index contributed by atoms with van der Waals surface area (Å²) in [7, 11) is 0. The highest BCUT2D eigenvalue weighted by molar-refractivity contribution is 7.09. The lowest BCUT2D eigenvalue weighted by Gasteiger charge is -2.31. The smallest absolute Gasteiger partial charge is 0.223 e. The van der Waals surface area contributed by atoms with Crippen molar-refractivity contribution in [2.75, 3.05) is 13.1 Å². The van der Waals surface area contributed by atoms with Gasteiger partial charge in [-0.05, 0) is 31.9 Å². The van der Waals surface area contributed by atoms with Gasteiger partial charge in [0.2, 0.25) is 5.91 Å². The maximum atomic E-state index is 12.3. The van der Waals surface area contributed by atoms with Gasteiger partial charge >= 0.3 is 0 Å². The zero-order chi connectivity index (χ0) is 14.7. The van der Waals surface area contributed by atoms with Gasteiger partial charge in [0.25, 0.3) is 0 Å². The Hall–Kier alpha value is -1.62. The van der Waals surface area contributed by atoms with Gasteiger partial charge in [0.15, 0.2) is 0 Å². The highest BCUT2D eigenvalue weighted by Crippen LogP contribution is 2.29. The summed E-state index contributed by atoms with van der Waals surface area (Å²) < 4.78 is 5.29. The lowest BCUT2D eigenvalue weighted by molar-refractivity contribution is -0.132. The highest BCUT2D eigenvalue weighted by Gasteiger charge is 2.26. The fraction of sp³-hybridized carbons (Fsp3) is 0.500. The van der Waals surface area contributed by atoms with E-state index in [0.717, 1.165) is 37.4 Å². The van der Waals surface area contributed by atoms with Crippen LogP contribution in [-0.2, 0) is 11.2 Å². The zero-order valence-corrected chi connectivity index (χ0v) is 13.1. The normalized spacial score (nSPS) is 18.9. The van der Waals surface area contributed by atoms with Crippen LogP contribution in [0.15, 0.2) is 28.2 Å². The van der Waals surface area contributed by atoms with Crippen molar-refractivity contribution >= 4 is 17.2 Å². The van der Waals surface area contributed by atoms with Gasteiger partial charge in [0.1, 0.15) is 5.76 Å². The fourth-order valence-corrected chi connectivity index (χ4v) is 3.73. The van der Waals surface area contributed by atoms with Crippen LogP contribution in [0.2, 0.25) is 0 Å². The summed E-state index contributed by atoms with van der Waals surface area (Å²) in [6.45, 7) is 3.71. The van der Waals surface area contributed by atoms with Gasteiger partial charge < -0.3 is 9.32 Å². The second-order valence-electron chi connectivity index (χ2n) is 5.59. The Labute approximate surface area is 128 Å². The molecule has 112 valence electrons. The van der Waals surface area contributed by atoms with Crippen LogP contribution in [0.3, 0.4) is 0 Å². The molecule has 2 aromatic heterocycles. The number of aryl methyl sites for hydroxylation is 2. The van der Waals surface area contributed by atoms with Crippen LogP contribution < -0.4 is 0 Å². The molecule has 1 saturated heterocycles. The molecule has 0 unspecified atom stereocenters. The Balaban J connectivity index is 1.56. The third-order valence-electron chi connectivity index (χ3n) is 3.93. The Morgan fingerprint density at radius 1 is 1.57 bits per heavy atom. The Morgan fingerprint density at radius 3 is 3.19 bits per heavy atom. The standard InChI is InChI=1S/C16H20N2O2S/c1-12-11-21-16(17-12)13-4-2-8-18(10-13)15(19)7-6-14-5-3-9-20-14/h3,5,9,11,13H,2,4,6-8,10H2,1H3/t13-/m1/s1. The second kappa shape index (κ2) is 6.43. The molecule has 0 bridgehead atoms. The summed E-state index contributed by atoms with van der Waals surface area (Å²) in [5, 5.41) is 3.27. The number of likely N-dealkylation sites (tertiary alicyclic amines) is 1. The third-order valence-corrected chi connectivity index (χ3v) is 5.05. The molecule has 21 heavy (non-hydrogen) atoms. The SMILES string of the molecule is Cc1csc([C@@H]2CCCN(C(=O)CCc3ccco3)C2)n1. The molecule has 3 heterocycles. The van der Waals surface area contributed by atoms with E-state index in [1.807, 2.05) is 24.0 Å². The minimum absolute atomic E-state index is 0.226. The number of rotatable bonds is 4. The van der Waals surface area contributed by atoms with E-state index in [4.69, 9.17) is 4.42 Å². The minimum Gasteiger partial charge on any atom is -0.469 e. The average molecular weight is 304 g/mol. The van der Waals surface area contributed by atoms with Crippen molar-refractivity contribution in [2.45, 2.75) is 38.5 Å². The fourth-order valence-electron chi connectivity index (χ4n) is 2.81. The van der Waals surface area contributed by atoms with Gasteiger partial charge in [-0.3, -0.25) is 4.79 Å². The minimum atomic E-state index is 0.226. The number of hydrogen-bond donors (Lipinski definition) is 0. The highest BCUT2D eigenvalue weighted by atomic mass is 32.1. The molecule has 1 atom stereocenters. The van der Waals surface area contributed by atoms with E-state index in [0.29, 0.717) is 18.8 Å². The van der Waals surface area contributed by atoms with Crippen LogP contribution >= 0.6 is 11.3 Å². The summed E-state index contributed by atoms with van der Waals surface area (Å²) >= 11 is 1.72. The molecule has 4 nitrogen and oxygen atoms in total. The third kappa shape index (κ3) is 3.53. The summed E-state index contributed by atoms with van der Waals surface area (Å²) in [6, 6.07) is 3.78. The molecule has 5 heteroatoms. The number of carbonyl (C=O) groups is 1. The maximum Gasteiger partial charge on any atom is 0.223 e. The van der Waals surface area contributed by atoms with Crippen molar-refractivity contribution in [3.05, 3.63) is 40.2 Å². The predicted octanol–water partition coefficient (Wildman–Crippen LogP) is 3.38. The van der Waals surface area contributed by atoms with Crippen LogP contribution in [0.25, 0.3) is 0 Å². The molecule has 1 amide bonds. The van der Waals surface area contributed by atoms with Crippen molar-refractivity contribution in [3.63, 3.8) is 0 Å². The summed E-state index contributed by atoms with van der Waals surface area (Å²) in [4.78, 5) is 18.9. The lowest BCUT2D eigenvalue weighted by atomic mass is 9.98. The monoisotopic (exact) mass is 304 g/mol. The van der Waals surface area contributed by atoms with Gasteiger partial charge in [-0.1, -0.05) is 0 Å². The molecule has 2 aromatic rings. The second-order valence-corrected chi connectivity index (χ2v) is 6.48. The quantitative estimate of drug-likeness (QED) is 0.870. The molecule has 0 spiro atoms. The molecular formula is C16H20N2O2S. The van der Waals surface area contributed by atoms with Crippen LogP contribution in [0.4, 0.5) is 0 Å². The van der Waals surface area contributed by atoms with Gasteiger partial charge in [-0.2, -0.15) is 0 Å². The molecule has 1 aliphatic heterocycles. The maximum absolute atomic E-state index is 12.3. The number of thiazole rings is 1. The van der Waals surface area contributed by atoms with E-state index < -0.39 is 0 Å². The van der Waals surface area contributed by atoms with Crippen molar-refractivity contribution < 1.29 is 9.21 Å². The van der Waals surface area contributed by atoms with Gasteiger partial charge in [0.05, 0.1) is 11.3 Å². The number of hydrogen-bond acceptors (Lipinski definition) is 4. The van der Waals surface area contributed by atoms with Gasteiger partial charge in [-0.25, -0.2) is 4.98 Å². The molecule has 0 N–H and O–H groups in total. The largest absolute Gasteiger partial charge is 0.469 e. The molecule has 0 aromatic carbocycles. The van der Waals surface area contributed by atoms with Crippen LogP contribution in [0.1, 0.15) is 41.6 Å². The molecule has 1 fully saturated rings. The van der Waals surface area contributed by atoms with Crippen molar-refractivity contribution in [1.82, 2.24) is 9.88 Å². The predicted molar refractivity (Wildman–Crippen MR) is 82.4 cm³/mol. The molecule has 0 saturated carbocycles.